The minimum absolute atomic E-state index is 0.0262. The van der Waals surface area contributed by atoms with Crippen LogP contribution in [0.4, 0.5) is 8.78 Å². The van der Waals surface area contributed by atoms with Crippen LogP contribution in [-0.2, 0) is 16.0 Å². The fourth-order valence-electron chi connectivity index (χ4n) is 4.20. The Kier molecular flexibility index (Phi) is 6.37. The molecule has 1 heterocycles. The number of hydrogen-bond donors (Lipinski definition) is 0. The van der Waals surface area contributed by atoms with E-state index in [1.807, 2.05) is 31.2 Å². The fraction of sp³-hybridized carbons (Fsp3) is 0.360. The molecular weight excluding hydrogens is 416 g/mol. The van der Waals surface area contributed by atoms with Gasteiger partial charge in [-0.1, -0.05) is 31.2 Å². The highest BCUT2D eigenvalue weighted by Gasteiger charge is 2.31. The van der Waals surface area contributed by atoms with E-state index >= 15 is 0 Å². The van der Waals surface area contributed by atoms with Gasteiger partial charge >= 0.3 is 0 Å². The van der Waals surface area contributed by atoms with Crippen LogP contribution in [0.2, 0.25) is 0 Å². The molecule has 1 aliphatic carbocycles. The quantitative estimate of drug-likeness (QED) is 0.631. The van der Waals surface area contributed by atoms with Gasteiger partial charge in [0.1, 0.15) is 12.7 Å². The van der Waals surface area contributed by atoms with Crippen molar-refractivity contribution in [2.75, 3.05) is 26.3 Å². The van der Waals surface area contributed by atoms with E-state index in [2.05, 4.69) is 0 Å². The third kappa shape index (κ3) is 4.30. The summed E-state index contributed by atoms with van der Waals surface area (Å²) in [6, 6.07) is 9.93. The van der Waals surface area contributed by atoms with Crippen LogP contribution in [0.15, 0.2) is 42.0 Å². The Labute approximate surface area is 185 Å². The number of carbonyl (C=O) groups is 2. The fourth-order valence-corrected chi connectivity index (χ4v) is 4.20. The van der Waals surface area contributed by atoms with Gasteiger partial charge in [-0.3, -0.25) is 9.59 Å². The molecule has 0 spiro atoms. The Morgan fingerprint density at radius 2 is 1.91 bits per heavy atom. The van der Waals surface area contributed by atoms with Crippen molar-refractivity contribution in [2.45, 2.75) is 32.8 Å². The maximum atomic E-state index is 14.3. The molecule has 1 unspecified atom stereocenters. The molecule has 32 heavy (non-hydrogen) atoms. The van der Waals surface area contributed by atoms with Crippen molar-refractivity contribution in [3.05, 3.63) is 70.3 Å². The first kappa shape index (κ1) is 22.1. The zero-order valence-electron chi connectivity index (χ0n) is 18.1. The number of allylic oxidation sites excluding steroid dienone is 1. The number of morpholine rings is 1. The number of nitrogens with zero attached hydrogens (tertiary/aromatic N) is 1. The molecule has 5 nitrogen and oxygen atoms in total. The van der Waals surface area contributed by atoms with E-state index in [4.69, 9.17) is 9.47 Å². The van der Waals surface area contributed by atoms with Gasteiger partial charge in [-0.2, -0.15) is 0 Å². The lowest BCUT2D eigenvalue weighted by molar-refractivity contribution is -0.135. The van der Waals surface area contributed by atoms with E-state index < -0.39 is 23.5 Å². The highest BCUT2D eigenvalue weighted by atomic mass is 19.1. The van der Waals surface area contributed by atoms with Crippen molar-refractivity contribution >= 4 is 17.3 Å². The van der Waals surface area contributed by atoms with Crippen LogP contribution in [0.25, 0.3) is 5.57 Å². The second-order valence-electron chi connectivity index (χ2n) is 8.04. The highest BCUT2D eigenvalue weighted by molar-refractivity contribution is 6.03. The SMILES string of the molecule is CCC(=O)c1cc(F)c(OCC2CN(C(=O)C3=C(C)c4ccccc4C3)CCO2)c(F)c1. The van der Waals surface area contributed by atoms with Crippen molar-refractivity contribution in [1.29, 1.82) is 0 Å². The summed E-state index contributed by atoms with van der Waals surface area (Å²) in [6.45, 7) is 4.49. The van der Waals surface area contributed by atoms with Crippen LogP contribution >= 0.6 is 0 Å². The molecule has 4 rings (SSSR count). The monoisotopic (exact) mass is 441 g/mol. The van der Waals surface area contributed by atoms with E-state index in [1.54, 1.807) is 11.8 Å². The Bertz CT molecular complexity index is 1070. The number of benzene rings is 2. The largest absolute Gasteiger partial charge is 0.485 e. The number of rotatable bonds is 6. The minimum atomic E-state index is -0.935. The lowest BCUT2D eigenvalue weighted by atomic mass is 10.1. The molecule has 1 atom stereocenters. The van der Waals surface area contributed by atoms with Crippen LogP contribution < -0.4 is 4.74 Å². The summed E-state index contributed by atoms with van der Waals surface area (Å²) in [5, 5.41) is 0. The maximum absolute atomic E-state index is 14.3. The van der Waals surface area contributed by atoms with Crippen molar-refractivity contribution in [1.82, 2.24) is 4.90 Å². The zero-order valence-corrected chi connectivity index (χ0v) is 18.1. The molecule has 2 aliphatic rings. The van der Waals surface area contributed by atoms with Crippen LogP contribution in [0.5, 0.6) is 5.75 Å². The predicted molar refractivity (Wildman–Crippen MR) is 116 cm³/mol. The van der Waals surface area contributed by atoms with Crippen molar-refractivity contribution < 1.29 is 27.8 Å². The summed E-state index contributed by atoms with van der Waals surface area (Å²) in [5.74, 6) is -2.82. The Morgan fingerprint density at radius 1 is 1.19 bits per heavy atom. The van der Waals surface area contributed by atoms with Gasteiger partial charge < -0.3 is 14.4 Å². The third-order valence-corrected chi connectivity index (χ3v) is 5.98. The van der Waals surface area contributed by atoms with Crippen LogP contribution in [0.3, 0.4) is 0 Å². The molecule has 0 aromatic heterocycles. The number of ketones is 1. The molecule has 1 fully saturated rings. The third-order valence-electron chi connectivity index (χ3n) is 5.98. The number of hydrogen-bond acceptors (Lipinski definition) is 4. The minimum Gasteiger partial charge on any atom is -0.485 e. The molecule has 168 valence electrons. The van der Waals surface area contributed by atoms with Gasteiger partial charge in [-0.05, 0) is 35.8 Å². The molecule has 0 radical (unpaired) electrons. The Hall–Kier alpha value is -3.06. The van der Waals surface area contributed by atoms with Crippen molar-refractivity contribution in [3.8, 4) is 5.75 Å². The summed E-state index contributed by atoms with van der Waals surface area (Å²) in [6.07, 6.45) is 0.228. The normalized spacial score (nSPS) is 18.0. The summed E-state index contributed by atoms with van der Waals surface area (Å²) >= 11 is 0. The first-order valence-corrected chi connectivity index (χ1v) is 10.7. The number of halogens is 2. The standard InChI is InChI=1S/C25H25F2NO4/c1-3-23(29)17-11-21(26)24(22(27)12-17)32-14-18-13-28(8-9-31-18)25(30)20-10-16-6-4-5-7-19(16)15(20)2/h4-7,11-12,18H,3,8-10,13-14H2,1-2H3. The second-order valence-corrected chi connectivity index (χ2v) is 8.04. The molecule has 1 aliphatic heterocycles. The van der Waals surface area contributed by atoms with Crippen molar-refractivity contribution in [3.63, 3.8) is 0 Å². The van der Waals surface area contributed by atoms with Gasteiger partial charge in [0.25, 0.3) is 5.91 Å². The van der Waals surface area contributed by atoms with Crippen LogP contribution in [0, 0.1) is 11.6 Å². The smallest absolute Gasteiger partial charge is 0.250 e. The molecule has 2 aromatic rings. The summed E-state index contributed by atoms with van der Waals surface area (Å²) in [7, 11) is 0. The molecule has 7 heteroatoms. The Morgan fingerprint density at radius 3 is 2.59 bits per heavy atom. The topological polar surface area (TPSA) is 55.8 Å². The number of Topliss-reactive ketones (excluding diaryl/α,β-unsaturated/α-hetero) is 1. The summed E-state index contributed by atoms with van der Waals surface area (Å²) < 4.78 is 39.7. The zero-order chi connectivity index (χ0) is 22.8. The van der Waals surface area contributed by atoms with Gasteiger partial charge in [0, 0.05) is 30.5 Å². The highest BCUT2D eigenvalue weighted by Crippen LogP contribution is 2.33. The summed E-state index contributed by atoms with van der Waals surface area (Å²) in [5.41, 5.74) is 3.95. The lowest BCUT2D eigenvalue weighted by Gasteiger charge is -2.33. The Balaban J connectivity index is 1.41. The average Bonchev–Trinajstić information content (AvgIpc) is 3.14. The van der Waals surface area contributed by atoms with E-state index in [0.717, 1.165) is 34.4 Å². The van der Waals surface area contributed by atoms with E-state index in [-0.39, 0.29) is 36.8 Å². The molecule has 2 aromatic carbocycles. The number of carbonyl (C=O) groups excluding carboxylic acids is 2. The van der Waals surface area contributed by atoms with Crippen molar-refractivity contribution in [2.24, 2.45) is 0 Å². The molecule has 0 saturated carbocycles. The number of fused-ring (bicyclic) bond motifs is 1. The van der Waals surface area contributed by atoms with Gasteiger partial charge in [-0.25, -0.2) is 8.78 Å². The predicted octanol–water partition coefficient (Wildman–Crippen LogP) is 4.19. The van der Waals surface area contributed by atoms with E-state index in [0.29, 0.717) is 19.6 Å². The van der Waals surface area contributed by atoms with Gasteiger partial charge in [0.05, 0.1) is 13.2 Å². The van der Waals surface area contributed by atoms with Gasteiger partial charge in [-0.15, -0.1) is 0 Å². The first-order valence-electron chi connectivity index (χ1n) is 10.7. The molecule has 0 N–H and O–H groups in total. The van der Waals surface area contributed by atoms with Gasteiger partial charge in [0.2, 0.25) is 0 Å². The molecule has 0 bridgehead atoms. The van der Waals surface area contributed by atoms with E-state index in [1.165, 1.54) is 0 Å². The average molecular weight is 441 g/mol. The van der Waals surface area contributed by atoms with Gasteiger partial charge in [0.15, 0.2) is 23.2 Å². The van der Waals surface area contributed by atoms with Crippen LogP contribution in [0.1, 0.15) is 41.8 Å². The summed E-state index contributed by atoms with van der Waals surface area (Å²) in [4.78, 5) is 26.6. The van der Waals surface area contributed by atoms with Crippen LogP contribution in [-0.4, -0.2) is 49.0 Å². The number of ether oxygens (including phenoxy) is 2. The second kappa shape index (κ2) is 9.20. The first-order chi connectivity index (χ1) is 15.4. The lowest BCUT2D eigenvalue weighted by Crippen LogP contribution is -2.48. The van der Waals surface area contributed by atoms with E-state index in [9.17, 15) is 18.4 Å². The molecular formula is C25H25F2NO4. The number of amides is 1. The molecule has 1 saturated heterocycles. The maximum Gasteiger partial charge on any atom is 0.250 e. The molecule has 1 amide bonds.